The van der Waals surface area contributed by atoms with Crippen molar-refractivity contribution in [1.29, 1.82) is 0 Å². The summed E-state index contributed by atoms with van der Waals surface area (Å²) < 4.78 is 9.88. The normalized spacial score (nSPS) is 14.1. The lowest BCUT2D eigenvalue weighted by molar-refractivity contribution is -0.130. The number of alkyl carbamates (subject to hydrolysis) is 1. The van der Waals surface area contributed by atoms with Crippen molar-refractivity contribution in [3.63, 3.8) is 0 Å². The Bertz CT molecular complexity index is 1020. The summed E-state index contributed by atoms with van der Waals surface area (Å²) in [5.41, 5.74) is 4.45. The Kier molecular flexibility index (Phi) is 12.3. The zero-order valence-electron chi connectivity index (χ0n) is 22.2. The first-order chi connectivity index (χ1) is 18.2. The highest BCUT2D eigenvalue weighted by molar-refractivity contribution is 5.85. The molecule has 0 saturated carbocycles. The molecule has 0 saturated heterocycles. The number of ether oxygens (including phenoxy) is 2. The van der Waals surface area contributed by atoms with Crippen LogP contribution in [0, 0.1) is 5.92 Å². The number of aliphatic hydroxyl groups excluding tert-OH is 1. The van der Waals surface area contributed by atoms with Gasteiger partial charge in [0.2, 0.25) is 0 Å². The molecule has 0 fully saturated rings. The summed E-state index contributed by atoms with van der Waals surface area (Å²) in [4.78, 5) is 36.6. The van der Waals surface area contributed by atoms with Crippen molar-refractivity contribution in [2.45, 2.75) is 51.4 Å². The lowest BCUT2D eigenvalue weighted by Crippen LogP contribution is -2.57. The number of rotatable bonds is 14. The Hall–Kier alpha value is -3.83. The number of benzene rings is 2. The van der Waals surface area contributed by atoms with Gasteiger partial charge in [-0.25, -0.2) is 14.6 Å². The lowest BCUT2D eigenvalue weighted by Gasteiger charge is -2.32. The number of aliphatic hydroxyl groups is 1. The van der Waals surface area contributed by atoms with Crippen molar-refractivity contribution in [1.82, 2.24) is 21.1 Å². The molecular formula is C27H38N4O7. The molecule has 5 N–H and O–H groups in total. The van der Waals surface area contributed by atoms with Crippen molar-refractivity contribution in [3.8, 4) is 5.75 Å². The third kappa shape index (κ3) is 9.91. The Morgan fingerprint density at radius 1 is 0.974 bits per heavy atom. The van der Waals surface area contributed by atoms with E-state index in [1.807, 2.05) is 56.3 Å². The van der Waals surface area contributed by atoms with Crippen molar-refractivity contribution in [2.24, 2.45) is 5.92 Å². The van der Waals surface area contributed by atoms with Gasteiger partial charge in [0.15, 0.2) is 0 Å². The van der Waals surface area contributed by atoms with E-state index in [4.69, 9.17) is 4.74 Å². The second kappa shape index (κ2) is 15.4. The molecule has 0 aliphatic heterocycles. The molecule has 0 spiro atoms. The van der Waals surface area contributed by atoms with E-state index in [1.54, 1.807) is 19.2 Å². The molecule has 2 rings (SSSR count). The van der Waals surface area contributed by atoms with E-state index in [1.165, 1.54) is 12.1 Å². The smallest absolute Gasteiger partial charge is 0.407 e. The Labute approximate surface area is 223 Å². The quantitative estimate of drug-likeness (QED) is 0.234. The zero-order valence-corrected chi connectivity index (χ0v) is 22.2. The zero-order chi connectivity index (χ0) is 28.1. The predicted molar refractivity (Wildman–Crippen MR) is 141 cm³/mol. The second-order valence-corrected chi connectivity index (χ2v) is 9.02. The van der Waals surface area contributed by atoms with E-state index in [2.05, 4.69) is 20.8 Å². The average molecular weight is 531 g/mol. The van der Waals surface area contributed by atoms with Gasteiger partial charge < -0.3 is 30.3 Å². The summed E-state index contributed by atoms with van der Waals surface area (Å²) in [5.74, 6) is -0.0327. The molecule has 0 aromatic heterocycles. The van der Waals surface area contributed by atoms with Crippen LogP contribution in [-0.4, -0.2) is 72.3 Å². The molecule has 0 aliphatic rings. The number of carbonyl (C=O) groups excluding carboxylic acids is 2. The Morgan fingerprint density at radius 3 is 2.18 bits per heavy atom. The molecule has 38 heavy (non-hydrogen) atoms. The van der Waals surface area contributed by atoms with Gasteiger partial charge in [0.25, 0.3) is 5.91 Å². The fraction of sp³-hybridized carbons (Fsp3) is 0.444. The highest BCUT2D eigenvalue weighted by Gasteiger charge is 2.30. The molecule has 0 aliphatic carbocycles. The summed E-state index contributed by atoms with van der Waals surface area (Å²) in [6.45, 7) is 3.83. The maximum atomic E-state index is 13.3. The molecule has 0 radical (unpaired) electrons. The molecule has 2 aromatic carbocycles. The van der Waals surface area contributed by atoms with E-state index in [-0.39, 0.29) is 25.4 Å². The molecule has 11 heteroatoms. The molecule has 0 bridgehead atoms. The predicted octanol–water partition coefficient (Wildman–Crippen LogP) is 2.54. The monoisotopic (exact) mass is 530 g/mol. The van der Waals surface area contributed by atoms with Gasteiger partial charge in [-0.1, -0.05) is 62.7 Å². The number of nitrogens with zero attached hydrogens (tertiary/aromatic N) is 1. The maximum absolute atomic E-state index is 13.3. The minimum atomic E-state index is -1.27. The maximum Gasteiger partial charge on any atom is 0.407 e. The van der Waals surface area contributed by atoms with Crippen LogP contribution in [0.15, 0.2) is 54.6 Å². The summed E-state index contributed by atoms with van der Waals surface area (Å²) in [6, 6.07) is 14.7. The molecular weight excluding hydrogens is 492 g/mol. The molecule has 0 heterocycles. The van der Waals surface area contributed by atoms with Crippen molar-refractivity contribution in [3.05, 3.63) is 65.7 Å². The van der Waals surface area contributed by atoms with Crippen LogP contribution in [0.3, 0.4) is 0 Å². The Morgan fingerprint density at radius 2 is 1.63 bits per heavy atom. The number of hydrazine groups is 1. The Balaban J connectivity index is 2.28. The third-order valence-corrected chi connectivity index (χ3v) is 6.23. The van der Waals surface area contributed by atoms with Crippen LogP contribution in [-0.2, 0) is 22.5 Å². The van der Waals surface area contributed by atoms with Crippen LogP contribution in [0.4, 0.5) is 9.59 Å². The first-order valence-corrected chi connectivity index (χ1v) is 12.4. The fourth-order valence-electron chi connectivity index (χ4n) is 3.88. The van der Waals surface area contributed by atoms with Crippen molar-refractivity contribution in [2.75, 3.05) is 20.8 Å². The number of hydrogen-bond acceptors (Lipinski definition) is 7. The van der Waals surface area contributed by atoms with E-state index in [0.29, 0.717) is 12.2 Å². The van der Waals surface area contributed by atoms with E-state index >= 15 is 0 Å². The van der Waals surface area contributed by atoms with Crippen molar-refractivity contribution < 1.29 is 34.1 Å². The molecule has 2 aromatic rings. The number of methoxy groups -OCH3 is 2. The van der Waals surface area contributed by atoms with E-state index in [9.17, 15) is 24.6 Å². The fourth-order valence-corrected chi connectivity index (χ4v) is 3.88. The minimum absolute atomic E-state index is 0.0962. The second-order valence-electron chi connectivity index (χ2n) is 9.02. The van der Waals surface area contributed by atoms with Gasteiger partial charge in [0.05, 0.1) is 26.4 Å². The molecule has 11 nitrogen and oxygen atoms in total. The lowest BCUT2D eigenvalue weighted by atomic mass is 9.98. The van der Waals surface area contributed by atoms with Crippen LogP contribution < -0.4 is 20.8 Å². The summed E-state index contributed by atoms with van der Waals surface area (Å²) in [6.07, 6.45) is -2.32. The highest BCUT2D eigenvalue weighted by Crippen LogP contribution is 2.15. The summed E-state index contributed by atoms with van der Waals surface area (Å²) >= 11 is 0. The number of nitrogens with one attached hydrogen (secondary N) is 3. The number of carboxylic acid groups (broad SMARTS) is 1. The minimum Gasteiger partial charge on any atom is -0.497 e. The van der Waals surface area contributed by atoms with Crippen LogP contribution in [0.2, 0.25) is 0 Å². The van der Waals surface area contributed by atoms with Gasteiger partial charge in [-0.3, -0.25) is 10.2 Å². The molecule has 3 amide bonds. The van der Waals surface area contributed by atoms with Gasteiger partial charge in [-0.05, 0) is 35.6 Å². The van der Waals surface area contributed by atoms with Gasteiger partial charge in [-0.2, -0.15) is 0 Å². The van der Waals surface area contributed by atoms with Crippen LogP contribution in [0.1, 0.15) is 31.4 Å². The average Bonchev–Trinajstić information content (AvgIpc) is 2.91. The third-order valence-electron chi connectivity index (χ3n) is 6.23. The SMILES string of the molecule is CC[C@H](C)[C@H](NC(=O)OC)C(=O)NN(Cc1ccc(OC)cc1)C[C@H](O)[C@H](Cc1ccccc1)NC(=O)O. The van der Waals surface area contributed by atoms with Gasteiger partial charge in [-0.15, -0.1) is 0 Å². The topological polar surface area (TPSA) is 149 Å². The largest absolute Gasteiger partial charge is 0.497 e. The summed E-state index contributed by atoms with van der Waals surface area (Å²) in [5, 5.41) is 26.9. The van der Waals surface area contributed by atoms with Crippen molar-refractivity contribution >= 4 is 18.1 Å². The standard InChI is InChI=1S/C27H38N4O7/c1-5-18(2)24(29-27(36)38-4)25(33)30-31(16-20-11-13-21(37-3)14-12-20)17-23(32)22(28-26(34)35)15-19-9-7-6-8-10-19/h6-14,18,22-24,28,32H,5,15-17H2,1-4H3,(H,29,36)(H,30,33)(H,34,35)/t18-,22-,23-,24-/m0/s1. The molecule has 0 unspecified atom stereocenters. The van der Waals surface area contributed by atoms with Gasteiger partial charge in [0, 0.05) is 13.1 Å². The first-order valence-electron chi connectivity index (χ1n) is 12.4. The van der Waals surface area contributed by atoms with Crippen LogP contribution in [0.5, 0.6) is 5.75 Å². The molecule has 208 valence electrons. The van der Waals surface area contributed by atoms with Crippen LogP contribution in [0.25, 0.3) is 0 Å². The van der Waals surface area contributed by atoms with E-state index < -0.39 is 36.3 Å². The number of hydrogen-bond donors (Lipinski definition) is 5. The van der Waals surface area contributed by atoms with Gasteiger partial charge in [0.1, 0.15) is 11.8 Å². The first kappa shape index (κ1) is 30.4. The van der Waals surface area contributed by atoms with Gasteiger partial charge >= 0.3 is 12.2 Å². The number of carbonyl (C=O) groups is 3. The van der Waals surface area contributed by atoms with Crippen LogP contribution >= 0.6 is 0 Å². The highest BCUT2D eigenvalue weighted by atomic mass is 16.5. The summed E-state index contributed by atoms with van der Waals surface area (Å²) in [7, 11) is 2.78. The molecule has 4 atom stereocenters. The van der Waals surface area contributed by atoms with E-state index in [0.717, 1.165) is 11.1 Å². The number of amides is 3.